The van der Waals surface area contributed by atoms with Crippen molar-refractivity contribution >= 4 is 16.9 Å². The lowest BCUT2D eigenvalue weighted by molar-refractivity contribution is 0.403. The van der Waals surface area contributed by atoms with E-state index in [9.17, 15) is 4.55 Å². The highest BCUT2D eigenvalue weighted by molar-refractivity contribution is 7.91. The van der Waals surface area contributed by atoms with Gasteiger partial charge < -0.3 is 19.5 Å². The molecule has 0 aliphatic carbocycles. The number of fused-ring (bicyclic) bond motifs is 3. The van der Waals surface area contributed by atoms with Crippen LogP contribution in [0.1, 0.15) is 29.9 Å². The third-order valence-electron chi connectivity index (χ3n) is 6.36. The third kappa shape index (κ3) is 2.75. The quantitative estimate of drug-likeness (QED) is 0.809. The molecule has 5 rings (SSSR count). The van der Waals surface area contributed by atoms with Crippen LogP contribution in [-0.4, -0.2) is 43.1 Å². The fourth-order valence-electron chi connectivity index (χ4n) is 5.09. The minimum Gasteiger partial charge on any atom is -0.611 e. The van der Waals surface area contributed by atoms with Crippen LogP contribution in [-0.2, 0) is 11.2 Å². The number of piperidine rings is 1. The highest BCUT2D eigenvalue weighted by Crippen LogP contribution is 2.49. The van der Waals surface area contributed by atoms with Gasteiger partial charge in [0.1, 0.15) is 11.5 Å². The van der Waals surface area contributed by atoms with Gasteiger partial charge in [-0.3, -0.25) is 0 Å². The summed E-state index contributed by atoms with van der Waals surface area (Å²) in [6.07, 6.45) is 2.18. The van der Waals surface area contributed by atoms with E-state index in [2.05, 4.69) is 41.4 Å². The van der Waals surface area contributed by atoms with Crippen molar-refractivity contribution in [3.05, 3.63) is 41.5 Å². The average molecular weight is 383 g/mol. The van der Waals surface area contributed by atoms with Crippen molar-refractivity contribution in [3.63, 3.8) is 0 Å². The molecule has 0 aromatic heterocycles. The number of methoxy groups -OCH3 is 1. The molecule has 3 heterocycles. The van der Waals surface area contributed by atoms with Gasteiger partial charge in [0.25, 0.3) is 0 Å². The minimum absolute atomic E-state index is 0.501. The highest BCUT2D eigenvalue weighted by Gasteiger charge is 2.44. The number of ether oxygens (including phenoxy) is 1. The monoisotopic (exact) mass is 382 g/mol. The van der Waals surface area contributed by atoms with E-state index in [1.54, 1.807) is 7.11 Å². The average Bonchev–Trinajstić information content (AvgIpc) is 2.90. The Kier molecular flexibility index (Phi) is 4.34. The van der Waals surface area contributed by atoms with Crippen molar-refractivity contribution in [2.24, 2.45) is 0 Å². The lowest BCUT2D eigenvalue weighted by atomic mass is 9.88. The van der Waals surface area contributed by atoms with Gasteiger partial charge >= 0.3 is 0 Å². The number of nitrogens with one attached hydrogen (secondary N) is 1. The van der Waals surface area contributed by atoms with Crippen LogP contribution in [0.4, 0.5) is 5.69 Å². The number of hydrogen-bond donors (Lipinski definition) is 1. The first-order chi connectivity index (χ1) is 13.2. The predicted molar refractivity (Wildman–Crippen MR) is 110 cm³/mol. The molecule has 5 heteroatoms. The van der Waals surface area contributed by atoms with Gasteiger partial charge in [-0.2, -0.15) is 0 Å². The van der Waals surface area contributed by atoms with Gasteiger partial charge in [-0.25, -0.2) is 0 Å². The maximum absolute atomic E-state index is 13.1. The van der Waals surface area contributed by atoms with Crippen molar-refractivity contribution in [2.75, 3.05) is 37.4 Å². The first-order valence-corrected chi connectivity index (χ1v) is 11.2. The Labute approximate surface area is 164 Å². The smallest absolute Gasteiger partial charge is 0.176 e. The Morgan fingerprint density at radius 2 is 2.15 bits per heavy atom. The lowest BCUT2D eigenvalue weighted by Gasteiger charge is -2.33. The second-order valence-corrected chi connectivity index (χ2v) is 9.40. The summed E-state index contributed by atoms with van der Waals surface area (Å²) < 4.78 is 18.4. The second-order valence-electron chi connectivity index (χ2n) is 7.86. The number of hydrogen-bond acceptors (Lipinski definition) is 4. The minimum atomic E-state index is -0.920. The van der Waals surface area contributed by atoms with Gasteiger partial charge in [-0.15, -0.1) is 0 Å². The van der Waals surface area contributed by atoms with Crippen LogP contribution >= 0.6 is 0 Å². The van der Waals surface area contributed by atoms with Gasteiger partial charge in [0.2, 0.25) is 0 Å². The molecule has 3 aliphatic heterocycles. The molecule has 142 valence electrons. The van der Waals surface area contributed by atoms with Crippen molar-refractivity contribution in [2.45, 2.75) is 36.6 Å². The van der Waals surface area contributed by atoms with Crippen LogP contribution in [0.2, 0.25) is 0 Å². The van der Waals surface area contributed by atoms with E-state index in [1.165, 1.54) is 34.4 Å². The van der Waals surface area contributed by atoms with E-state index >= 15 is 0 Å². The topological polar surface area (TPSA) is 47.6 Å². The molecule has 1 saturated heterocycles. The molecule has 0 bridgehead atoms. The largest absolute Gasteiger partial charge is 0.611 e. The molecule has 3 aliphatic rings. The molecule has 1 N–H and O–H groups in total. The fourth-order valence-corrected chi connectivity index (χ4v) is 6.41. The van der Waals surface area contributed by atoms with Crippen LogP contribution in [0.15, 0.2) is 35.2 Å². The molecule has 1 unspecified atom stereocenters. The van der Waals surface area contributed by atoms with E-state index in [0.717, 1.165) is 42.5 Å². The second kappa shape index (κ2) is 6.73. The van der Waals surface area contributed by atoms with Crippen molar-refractivity contribution < 1.29 is 9.29 Å². The zero-order valence-electron chi connectivity index (χ0n) is 16.0. The SMILES string of the molecule is COc1ccc(-c2cc3c4c(c2)[S+]([O-])CCCN4[C@H]2CCNC[C@@H]32)c(C)c1. The summed E-state index contributed by atoms with van der Waals surface area (Å²) in [6, 6.07) is 11.3. The zero-order chi connectivity index (χ0) is 18.5. The van der Waals surface area contributed by atoms with Crippen molar-refractivity contribution in [1.29, 1.82) is 0 Å². The van der Waals surface area contributed by atoms with Crippen LogP contribution < -0.4 is 15.0 Å². The van der Waals surface area contributed by atoms with Gasteiger partial charge in [0.15, 0.2) is 4.90 Å². The van der Waals surface area contributed by atoms with E-state index in [-0.39, 0.29) is 0 Å². The Morgan fingerprint density at radius 3 is 2.96 bits per heavy atom. The molecule has 3 atom stereocenters. The standard InChI is InChI=1S/C22H26N2O2S/c1-14-10-16(26-2)4-5-17(14)15-11-18-19-13-23-7-6-20(19)24-8-3-9-27(25)21(12-15)22(18)24/h4-5,10-12,19-20,23H,3,6-9,13H2,1-2H3/t19-,20-,27?/m0/s1. The summed E-state index contributed by atoms with van der Waals surface area (Å²) in [5.41, 5.74) is 6.25. The van der Waals surface area contributed by atoms with Crippen LogP contribution in [0.25, 0.3) is 11.1 Å². The number of anilines is 1. The van der Waals surface area contributed by atoms with Crippen LogP contribution in [0, 0.1) is 6.92 Å². The Balaban J connectivity index is 1.69. The van der Waals surface area contributed by atoms with Gasteiger partial charge in [0, 0.05) is 37.5 Å². The first-order valence-electron chi connectivity index (χ1n) is 9.86. The molecule has 27 heavy (non-hydrogen) atoms. The summed E-state index contributed by atoms with van der Waals surface area (Å²) in [5.74, 6) is 2.15. The summed E-state index contributed by atoms with van der Waals surface area (Å²) in [7, 11) is 1.70. The summed E-state index contributed by atoms with van der Waals surface area (Å²) in [4.78, 5) is 3.62. The van der Waals surface area contributed by atoms with Crippen molar-refractivity contribution in [3.8, 4) is 16.9 Å². The summed E-state index contributed by atoms with van der Waals surface area (Å²) in [6.45, 7) is 5.25. The summed E-state index contributed by atoms with van der Waals surface area (Å²) in [5, 5.41) is 3.58. The van der Waals surface area contributed by atoms with Gasteiger partial charge in [0.05, 0.1) is 12.8 Å². The third-order valence-corrected chi connectivity index (χ3v) is 7.82. The molecule has 0 saturated carbocycles. The predicted octanol–water partition coefficient (Wildman–Crippen LogP) is 3.45. The molecule has 0 radical (unpaired) electrons. The summed E-state index contributed by atoms with van der Waals surface area (Å²) >= 11 is -0.920. The lowest BCUT2D eigenvalue weighted by Crippen LogP contribution is -2.44. The maximum Gasteiger partial charge on any atom is 0.176 e. The molecule has 2 aromatic carbocycles. The molecule has 0 amide bonds. The highest BCUT2D eigenvalue weighted by atomic mass is 32.2. The Hall–Kier alpha value is -1.69. The Morgan fingerprint density at radius 1 is 1.26 bits per heavy atom. The molecular formula is C22H26N2O2S. The van der Waals surface area contributed by atoms with Crippen LogP contribution in [0.3, 0.4) is 0 Å². The van der Waals surface area contributed by atoms with E-state index in [4.69, 9.17) is 4.74 Å². The van der Waals surface area contributed by atoms with Crippen LogP contribution in [0.5, 0.6) is 5.75 Å². The van der Waals surface area contributed by atoms with Gasteiger partial charge in [-0.05, 0) is 71.5 Å². The number of rotatable bonds is 2. The number of benzene rings is 2. The molecule has 1 fully saturated rings. The van der Waals surface area contributed by atoms with E-state index in [1.807, 2.05) is 6.07 Å². The van der Waals surface area contributed by atoms with Crippen molar-refractivity contribution in [1.82, 2.24) is 5.32 Å². The number of nitrogens with zero attached hydrogens (tertiary/aromatic N) is 1. The molecule has 0 spiro atoms. The first kappa shape index (κ1) is 17.4. The Bertz CT molecular complexity index is 885. The van der Waals surface area contributed by atoms with E-state index in [0.29, 0.717) is 12.0 Å². The molecule has 4 nitrogen and oxygen atoms in total. The molecule has 2 aromatic rings. The molecular weight excluding hydrogens is 356 g/mol. The maximum atomic E-state index is 13.1. The normalized spacial score (nSPS) is 26.3. The van der Waals surface area contributed by atoms with E-state index < -0.39 is 11.2 Å². The van der Waals surface area contributed by atoms with Gasteiger partial charge in [-0.1, -0.05) is 6.07 Å². The number of aryl methyl sites for hydroxylation is 1. The zero-order valence-corrected chi connectivity index (χ0v) is 16.8. The fraction of sp³-hybridized carbons (Fsp3) is 0.455.